The average Bonchev–Trinajstić information content (AvgIpc) is 3.54. The number of H-pyrrole nitrogens is 1. The molecule has 3 N–H and O–H groups in total. The van der Waals surface area contributed by atoms with Gasteiger partial charge in [-0.05, 0) is 56.4 Å². The highest BCUT2D eigenvalue weighted by molar-refractivity contribution is 7.13. The molecule has 0 radical (unpaired) electrons. The molecular formula is C35H41Cl2N3O7S. The summed E-state index contributed by atoms with van der Waals surface area (Å²) in [5, 5.41) is 4.24. The van der Waals surface area contributed by atoms with Crippen molar-refractivity contribution >= 4 is 46.5 Å². The van der Waals surface area contributed by atoms with Gasteiger partial charge in [-0.1, -0.05) is 59.6 Å². The van der Waals surface area contributed by atoms with E-state index in [4.69, 9.17) is 42.1 Å². The molecule has 0 aliphatic rings. The molecule has 0 spiro atoms. The van der Waals surface area contributed by atoms with Gasteiger partial charge in [-0.2, -0.15) is 0 Å². The summed E-state index contributed by atoms with van der Waals surface area (Å²) in [7, 11) is 6.96. The van der Waals surface area contributed by atoms with Gasteiger partial charge in [0, 0.05) is 36.5 Å². The van der Waals surface area contributed by atoms with E-state index in [0.717, 1.165) is 10.4 Å². The van der Waals surface area contributed by atoms with E-state index < -0.39 is 17.5 Å². The number of nitrogens with one attached hydrogen (secondary N) is 2. The van der Waals surface area contributed by atoms with Crippen LogP contribution in [0.3, 0.4) is 0 Å². The van der Waals surface area contributed by atoms with E-state index in [2.05, 4.69) is 10.3 Å². The van der Waals surface area contributed by atoms with Gasteiger partial charge >= 0.3 is 11.9 Å². The van der Waals surface area contributed by atoms with Crippen LogP contribution in [0.15, 0.2) is 73.1 Å². The molecule has 4 rings (SSSR count). The molecule has 0 aliphatic carbocycles. The van der Waals surface area contributed by atoms with E-state index in [9.17, 15) is 9.59 Å². The molecular weight excluding hydrogens is 677 g/mol. The molecule has 2 atom stereocenters. The first-order valence-electron chi connectivity index (χ1n) is 15.0. The number of benzene rings is 2. The van der Waals surface area contributed by atoms with E-state index in [-0.39, 0.29) is 17.9 Å². The van der Waals surface area contributed by atoms with Gasteiger partial charge < -0.3 is 34.6 Å². The zero-order valence-electron chi connectivity index (χ0n) is 27.5. The molecule has 48 heavy (non-hydrogen) atoms. The van der Waals surface area contributed by atoms with Crippen molar-refractivity contribution in [2.45, 2.75) is 31.4 Å². The molecule has 0 fully saturated rings. The third kappa shape index (κ3) is 9.91. The number of thiophene rings is 1. The van der Waals surface area contributed by atoms with Crippen LogP contribution in [0.5, 0.6) is 11.5 Å². The highest BCUT2D eigenvalue weighted by Crippen LogP contribution is 2.36. The molecule has 0 saturated carbocycles. The molecule has 0 saturated heterocycles. The first-order valence-corrected chi connectivity index (χ1v) is 16.6. The van der Waals surface area contributed by atoms with Crippen LogP contribution in [-0.4, -0.2) is 70.3 Å². The van der Waals surface area contributed by atoms with Crippen LogP contribution >= 0.6 is 34.5 Å². The predicted octanol–water partition coefficient (Wildman–Crippen LogP) is 6.00. The van der Waals surface area contributed by atoms with Crippen LogP contribution in [-0.2, 0) is 32.6 Å². The fraction of sp³-hybridized carbons (Fsp3) is 0.343. The van der Waals surface area contributed by atoms with Gasteiger partial charge in [-0.25, -0.2) is 9.78 Å². The van der Waals surface area contributed by atoms with Gasteiger partial charge in [-0.3, -0.25) is 4.79 Å². The number of halogens is 2. The monoisotopic (exact) mass is 717 g/mol. The lowest BCUT2D eigenvalue weighted by Crippen LogP contribution is -2.44. The van der Waals surface area contributed by atoms with Crippen molar-refractivity contribution in [2.24, 2.45) is 0 Å². The van der Waals surface area contributed by atoms with Crippen molar-refractivity contribution in [1.82, 2.24) is 10.2 Å². The van der Waals surface area contributed by atoms with Crippen LogP contribution in [0.2, 0.25) is 10.0 Å². The topological polar surface area (TPSA) is 130 Å². The summed E-state index contributed by atoms with van der Waals surface area (Å²) in [5.41, 5.74) is 1.27. The number of hydrogen-bond acceptors (Lipinski definition) is 10. The summed E-state index contributed by atoms with van der Waals surface area (Å²) < 4.78 is 22.6. The molecule has 2 heterocycles. The number of rotatable bonds is 16. The van der Waals surface area contributed by atoms with Crippen molar-refractivity contribution < 1.29 is 39.0 Å². The van der Waals surface area contributed by atoms with E-state index >= 15 is 0 Å². The summed E-state index contributed by atoms with van der Waals surface area (Å²) in [6, 6.07) is 18.5. The molecule has 2 aromatic heterocycles. The van der Waals surface area contributed by atoms with Gasteiger partial charge in [0.25, 0.3) is 0 Å². The van der Waals surface area contributed by atoms with Crippen LogP contribution in [0, 0.1) is 0 Å². The third-order valence-electron chi connectivity index (χ3n) is 7.69. The molecule has 0 aliphatic heterocycles. The number of nitrogens with zero attached hydrogens (tertiary/aromatic N) is 1. The molecule has 10 nitrogen and oxygen atoms in total. The normalized spacial score (nSPS) is 12.8. The zero-order chi connectivity index (χ0) is 34.0. The molecule has 1 unspecified atom stereocenters. The number of ether oxygens (including phenoxy) is 4. The Morgan fingerprint density at radius 2 is 1.67 bits per heavy atom. The number of aromatic amines is 1. The van der Waals surface area contributed by atoms with Crippen LogP contribution in [0.1, 0.15) is 44.3 Å². The lowest BCUT2D eigenvalue weighted by atomic mass is 9.82. The van der Waals surface area contributed by atoms with Gasteiger partial charge in [-0.15, -0.1) is 11.3 Å². The van der Waals surface area contributed by atoms with Crippen molar-refractivity contribution in [3.05, 3.63) is 110 Å². The fourth-order valence-electron chi connectivity index (χ4n) is 4.92. The molecule has 0 bridgehead atoms. The minimum absolute atomic E-state index is 0. The standard InChI is InChI=1S/C35H39Cl2N3O6S.H2O/c1-35(24-9-7-6-8-10-24,34(42)45-16-15-40(2)3)22-39-19-25-12-14-32(47-25)33(41)46-30(18-26-27(36)20-38-21-28(26)37)23-11-13-29(43-4)31(17-23)44-5;/h6-14,17,20-21,30,39H,15-16,18-19,22H2,1-5H3;1H2/t30-,35?;/m0./s1. The number of hydrogen-bond donors (Lipinski definition) is 1. The molecule has 0 amide bonds. The van der Waals surface area contributed by atoms with Crippen molar-refractivity contribution in [1.29, 1.82) is 0 Å². The van der Waals surface area contributed by atoms with Gasteiger partial charge in [0.2, 0.25) is 0 Å². The first-order chi connectivity index (χ1) is 22.5. The summed E-state index contributed by atoms with van der Waals surface area (Å²) in [6.45, 7) is 3.59. The summed E-state index contributed by atoms with van der Waals surface area (Å²) in [5.74, 6) is 0.256. The number of methoxy groups -OCH3 is 2. The Morgan fingerprint density at radius 3 is 2.31 bits per heavy atom. The Kier molecular flexibility index (Phi) is 14.7. The maximum atomic E-state index is 13.5. The highest BCUT2D eigenvalue weighted by atomic mass is 35.5. The molecule has 2 aromatic carbocycles. The highest BCUT2D eigenvalue weighted by Gasteiger charge is 2.36. The largest absolute Gasteiger partial charge is 0.870 e. The minimum Gasteiger partial charge on any atom is -0.870 e. The lowest BCUT2D eigenvalue weighted by molar-refractivity contribution is -0.377. The Hall–Kier alpha value is -3.71. The number of likely N-dealkylation sites (N-methyl/N-ethyl adjacent to an activating group) is 1. The second-order valence-electron chi connectivity index (χ2n) is 11.3. The molecule has 4 aromatic rings. The Bertz CT molecular complexity index is 1630. The predicted molar refractivity (Wildman–Crippen MR) is 186 cm³/mol. The van der Waals surface area contributed by atoms with Gasteiger partial charge in [0.15, 0.2) is 23.9 Å². The fourth-order valence-corrected chi connectivity index (χ4v) is 6.31. The van der Waals surface area contributed by atoms with Crippen molar-refractivity contribution in [3.8, 4) is 11.5 Å². The van der Waals surface area contributed by atoms with Gasteiger partial charge in [0.1, 0.15) is 33.0 Å². The second kappa shape index (κ2) is 18.2. The van der Waals surface area contributed by atoms with Crippen LogP contribution < -0.4 is 19.8 Å². The van der Waals surface area contributed by atoms with Gasteiger partial charge in [0.05, 0.1) is 14.2 Å². The Balaban J connectivity index is 0.00000625. The summed E-state index contributed by atoms with van der Waals surface area (Å²) >= 11 is 14.2. The maximum Gasteiger partial charge on any atom is 0.348 e. The number of esters is 2. The smallest absolute Gasteiger partial charge is 0.348 e. The third-order valence-corrected chi connectivity index (χ3v) is 9.43. The number of aromatic nitrogens is 1. The van der Waals surface area contributed by atoms with Crippen molar-refractivity contribution in [2.75, 3.05) is 48.0 Å². The SMILES string of the molecule is COc1ccc([C@H](Cc2c(Cl)c[nH+]cc2Cl)OC(=O)c2ccc(CNCC(C)(C(=O)OCCN(C)C)c3ccccc3)s2)cc1OC.[OH-]. The van der Waals surface area contributed by atoms with Crippen LogP contribution in [0.25, 0.3) is 0 Å². The van der Waals surface area contributed by atoms with E-state index in [0.29, 0.717) is 63.8 Å². The summed E-state index contributed by atoms with van der Waals surface area (Å²) in [6.07, 6.45) is 2.76. The maximum absolute atomic E-state index is 13.5. The van der Waals surface area contributed by atoms with E-state index in [1.54, 1.807) is 44.8 Å². The van der Waals surface area contributed by atoms with Crippen LogP contribution in [0.4, 0.5) is 0 Å². The summed E-state index contributed by atoms with van der Waals surface area (Å²) in [4.78, 5) is 33.0. The van der Waals surface area contributed by atoms with Crippen molar-refractivity contribution in [3.63, 3.8) is 0 Å². The second-order valence-corrected chi connectivity index (χ2v) is 13.3. The Labute approximate surface area is 295 Å². The molecule has 13 heteroatoms. The zero-order valence-corrected chi connectivity index (χ0v) is 29.9. The molecule has 258 valence electrons. The average molecular weight is 719 g/mol. The van der Waals surface area contributed by atoms with E-state index in [1.165, 1.54) is 11.3 Å². The quantitative estimate of drug-likeness (QED) is 0.139. The first kappa shape index (κ1) is 38.7. The number of carbonyl (C=O) groups is 2. The lowest BCUT2D eigenvalue weighted by Gasteiger charge is -2.28. The number of carbonyl (C=O) groups excluding carboxylic acids is 2. The minimum atomic E-state index is -0.906. The Morgan fingerprint density at radius 1 is 0.979 bits per heavy atom. The van der Waals surface area contributed by atoms with E-state index in [1.807, 2.05) is 68.4 Å². The number of pyridine rings is 1.